The molecule has 1 heterocycles. The van der Waals surface area contributed by atoms with Gasteiger partial charge >= 0.3 is 11.9 Å². The van der Waals surface area contributed by atoms with Crippen LogP contribution in [0.5, 0.6) is 0 Å². The number of aromatic nitrogens is 2. The Hall–Kier alpha value is -2.31. The van der Waals surface area contributed by atoms with Crippen LogP contribution in [-0.2, 0) is 11.2 Å². The molecule has 18 heavy (non-hydrogen) atoms. The molecule has 0 N–H and O–H groups in total. The maximum atomic E-state index is 13.3. The molecule has 1 aromatic carbocycles. The number of carbonyl (C=O) groups is 1. The second-order valence-electron chi connectivity index (χ2n) is 3.42. The van der Waals surface area contributed by atoms with Gasteiger partial charge in [-0.2, -0.15) is 4.98 Å². The third-order valence-electron chi connectivity index (χ3n) is 2.18. The second-order valence-corrected chi connectivity index (χ2v) is 3.42. The Bertz CT molecular complexity index is 583. The van der Waals surface area contributed by atoms with Crippen LogP contribution in [0.1, 0.15) is 22.1 Å². The number of hydrogen-bond acceptors (Lipinski definition) is 5. The number of carbonyl (C=O) groups excluding carboxylic acids is 1. The Balaban J connectivity index is 2.21. The topological polar surface area (TPSA) is 65.2 Å². The first-order valence-electron chi connectivity index (χ1n) is 4.95. The third kappa shape index (κ3) is 2.50. The second kappa shape index (κ2) is 4.91. The smallest absolute Gasteiger partial charge is 0.397 e. The molecule has 0 fully saturated rings. The van der Waals surface area contributed by atoms with Gasteiger partial charge < -0.3 is 9.26 Å². The minimum Gasteiger partial charge on any atom is -0.462 e. The molecular weight excluding hydrogens is 246 g/mol. The van der Waals surface area contributed by atoms with Crippen LogP contribution in [0.3, 0.4) is 0 Å². The van der Waals surface area contributed by atoms with Gasteiger partial charge in [0.25, 0.3) is 0 Å². The summed E-state index contributed by atoms with van der Waals surface area (Å²) in [5, 5.41) is 3.48. The summed E-state index contributed by atoms with van der Waals surface area (Å²) in [5.41, 5.74) is 0.0761. The summed E-state index contributed by atoms with van der Waals surface area (Å²) in [6.07, 6.45) is -0.0793. The fraction of sp³-hybridized carbons (Fsp3) is 0.182. The first-order valence-corrected chi connectivity index (χ1v) is 4.95. The Labute approximate surface area is 100 Å². The highest BCUT2D eigenvalue weighted by atomic mass is 19.1. The SMILES string of the molecule is COC(=O)c1nc(Cc2cc(F)ccc2F)no1. The lowest BCUT2D eigenvalue weighted by atomic mass is 10.1. The van der Waals surface area contributed by atoms with Gasteiger partial charge in [0.05, 0.1) is 7.11 Å². The van der Waals surface area contributed by atoms with Gasteiger partial charge in [-0.05, 0) is 23.8 Å². The number of esters is 1. The van der Waals surface area contributed by atoms with E-state index in [0.29, 0.717) is 0 Å². The third-order valence-corrected chi connectivity index (χ3v) is 2.18. The predicted octanol–water partition coefficient (Wildman–Crippen LogP) is 1.73. The molecule has 0 spiro atoms. The molecule has 2 rings (SSSR count). The molecule has 0 amide bonds. The Morgan fingerprint density at radius 1 is 1.44 bits per heavy atom. The first-order chi connectivity index (χ1) is 8.60. The number of methoxy groups -OCH3 is 1. The number of halogens is 2. The van der Waals surface area contributed by atoms with Crippen molar-refractivity contribution in [2.24, 2.45) is 0 Å². The molecule has 0 saturated carbocycles. The monoisotopic (exact) mass is 254 g/mol. The van der Waals surface area contributed by atoms with Gasteiger partial charge in [-0.25, -0.2) is 13.6 Å². The lowest BCUT2D eigenvalue weighted by Crippen LogP contribution is -2.02. The Morgan fingerprint density at radius 2 is 2.22 bits per heavy atom. The standard InChI is InChI=1S/C11H8F2N2O3/c1-17-11(16)10-14-9(15-18-10)5-6-4-7(12)2-3-8(6)13/h2-4H,5H2,1H3. The van der Waals surface area contributed by atoms with Crippen LogP contribution >= 0.6 is 0 Å². The number of rotatable bonds is 3. The lowest BCUT2D eigenvalue weighted by molar-refractivity contribution is 0.0545. The van der Waals surface area contributed by atoms with Crippen LogP contribution in [0.2, 0.25) is 0 Å². The molecule has 0 aliphatic carbocycles. The maximum Gasteiger partial charge on any atom is 0.397 e. The van der Waals surface area contributed by atoms with Gasteiger partial charge in [0, 0.05) is 6.42 Å². The Morgan fingerprint density at radius 3 is 2.94 bits per heavy atom. The number of ether oxygens (including phenoxy) is 1. The van der Waals surface area contributed by atoms with Crippen molar-refractivity contribution in [2.45, 2.75) is 6.42 Å². The molecule has 0 radical (unpaired) electrons. The van der Waals surface area contributed by atoms with E-state index >= 15 is 0 Å². The van der Waals surface area contributed by atoms with E-state index < -0.39 is 17.6 Å². The molecule has 5 nitrogen and oxygen atoms in total. The van der Waals surface area contributed by atoms with Gasteiger partial charge in [0.1, 0.15) is 11.6 Å². The van der Waals surface area contributed by atoms with Gasteiger partial charge in [-0.15, -0.1) is 0 Å². The lowest BCUT2D eigenvalue weighted by Gasteiger charge is -1.99. The van der Waals surface area contributed by atoms with E-state index in [4.69, 9.17) is 0 Å². The Kier molecular flexibility index (Phi) is 3.31. The summed E-state index contributed by atoms with van der Waals surface area (Å²) in [6.45, 7) is 0. The molecule has 0 aliphatic rings. The van der Waals surface area contributed by atoms with Gasteiger partial charge in [-0.3, -0.25) is 0 Å². The highest BCUT2D eigenvalue weighted by molar-refractivity contribution is 5.83. The van der Waals surface area contributed by atoms with Crippen molar-refractivity contribution in [3.8, 4) is 0 Å². The minimum atomic E-state index is -0.784. The fourth-order valence-corrected chi connectivity index (χ4v) is 1.35. The quantitative estimate of drug-likeness (QED) is 0.780. The summed E-state index contributed by atoms with van der Waals surface area (Å²) in [5.74, 6) is -2.19. The van der Waals surface area contributed by atoms with Crippen molar-refractivity contribution in [1.82, 2.24) is 10.1 Å². The van der Waals surface area contributed by atoms with Crippen LogP contribution < -0.4 is 0 Å². The average molecular weight is 254 g/mol. The van der Waals surface area contributed by atoms with Crippen molar-refractivity contribution in [2.75, 3.05) is 7.11 Å². The highest BCUT2D eigenvalue weighted by Crippen LogP contribution is 2.13. The number of benzene rings is 1. The van der Waals surface area contributed by atoms with Crippen molar-refractivity contribution in [3.63, 3.8) is 0 Å². The first kappa shape index (κ1) is 12.2. The van der Waals surface area contributed by atoms with E-state index in [2.05, 4.69) is 19.4 Å². The maximum absolute atomic E-state index is 13.3. The van der Waals surface area contributed by atoms with Gasteiger partial charge in [0.15, 0.2) is 5.82 Å². The molecule has 0 saturated heterocycles. The van der Waals surface area contributed by atoms with E-state index in [0.717, 1.165) is 18.2 Å². The zero-order valence-corrected chi connectivity index (χ0v) is 9.31. The van der Waals surface area contributed by atoms with Gasteiger partial charge in [0.2, 0.25) is 0 Å². The van der Waals surface area contributed by atoms with Crippen molar-refractivity contribution < 1.29 is 22.8 Å². The van der Waals surface area contributed by atoms with Crippen molar-refractivity contribution in [1.29, 1.82) is 0 Å². The molecule has 0 unspecified atom stereocenters. The molecule has 1 aromatic heterocycles. The highest BCUT2D eigenvalue weighted by Gasteiger charge is 2.16. The summed E-state index contributed by atoms with van der Waals surface area (Å²) in [7, 11) is 1.17. The molecular formula is C11H8F2N2O3. The van der Waals surface area contributed by atoms with Crippen molar-refractivity contribution in [3.05, 3.63) is 47.1 Å². The largest absolute Gasteiger partial charge is 0.462 e. The van der Waals surface area contributed by atoms with Gasteiger partial charge in [-0.1, -0.05) is 5.16 Å². The van der Waals surface area contributed by atoms with E-state index in [1.54, 1.807) is 0 Å². The molecule has 94 valence electrons. The number of nitrogens with zero attached hydrogens (tertiary/aromatic N) is 2. The van der Waals surface area contributed by atoms with E-state index in [1.807, 2.05) is 0 Å². The molecule has 0 bridgehead atoms. The zero-order valence-electron chi connectivity index (χ0n) is 9.31. The van der Waals surface area contributed by atoms with E-state index in [-0.39, 0.29) is 23.7 Å². The van der Waals surface area contributed by atoms with Crippen LogP contribution in [0, 0.1) is 11.6 Å². The zero-order chi connectivity index (χ0) is 13.1. The van der Waals surface area contributed by atoms with E-state index in [1.165, 1.54) is 7.11 Å². The minimum absolute atomic E-state index is 0.0694. The number of hydrogen-bond donors (Lipinski definition) is 0. The van der Waals surface area contributed by atoms with Crippen molar-refractivity contribution >= 4 is 5.97 Å². The summed E-state index contributed by atoms with van der Waals surface area (Å²) in [6, 6.07) is 3.05. The fourth-order valence-electron chi connectivity index (χ4n) is 1.35. The van der Waals surface area contributed by atoms with Crippen LogP contribution in [0.15, 0.2) is 22.7 Å². The van der Waals surface area contributed by atoms with E-state index in [9.17, 15) is 13.6 Å². The predicted molar refractivity (Wildman–Crippen MR) is 54.8 cm³/mol. The normalized spacial score (nSPS) is 10.4. The molecule has 7 heteroatoms. The summed E-state index contributed by atoms with van der Waals surface area (Å²) < 4.78 is 35.3. The molecule has 0 atom stereocenters. The van der Waals surface area contributed by atoms with Crippen LogP contribution in [0.25, 0.3) is 0 Å². The molecule has 0 aliphatic heterocycles. The summed E-state index contributed by atoms with van der Waals surface area (Å²) in [4.78, 5) is 14.8. The average Bonchev–Trinajstić information content (AvgIpc) is 2.81. The van der Waals surface area contributed by atoms with Crippen LogP contribution in [0.4, 0.5) is 8.78 Å². The van der Waals surface area contributed by atoms with Crippen LogP contribution in [-0.4, -0.2) is 23.2 Å². The summed E-state index contributed by atoms with van der Waals surface area (Å²) >= 11 is 0. The molecule has 2 aromatic rings.